The summed E-state index contributed by atoms with van der Waals surface area (Å²) in [4.78, 5) is 28.5. The molecule has 1 aliphatic heterocycles. The number of hydrogen-bond acceptors (Lipinski definition) is 10. The molecule has 2 heterocycles. The summed E-state index contributed by atoms with van der Waals surface area (Å²) in [6, 6.07) is 24.3. The Hall–Kier alpha value is -5.20. The lowest BCUT2D eigenvalue weighted by atomic mass is 9.95. The lowest BCUT2D eigenvalue weighted by Gasteiger charge is -2.23. The SMILES string of the molecule is CCOc1cc(C2C(=C(O)c3ccc(OCc4cccc(C)c4)cc3)C(=O)C(=O)N2c2nnc(SCc3ccccc3F)s2)ccc1O. The molecule has 1 atom stereocenters. The van der Waals surface area contributed by atoms with Crippen LogP contribution in [0.3, 0.4) is 0 Å². The van der Waals surface area contributed by atoms with Gasteiger partial charge in [0.05, 0.1) is 18.2 Å². The highest BCUT2D eigenvalue weighted by Gasteiger charge is 2.48. The van der Waals surface area contributed by atoms with E-state index < -0.39 is 23.5 Å². The molecule has 0 spiro atoms. The third-order valence-corrected chi connectivity index (χ3v) is 9.68. The summed E-state index contributed by atoms with van der Waals surface area (Å²) >= 11 is 2.30. The van der Waals surface area contributed by atoms with Crippen LogP contribution in [0.1, 0.15) is 40.8 Å². The van der Waals surface area contributed by atoms with E-state index in [1.165, 1.54) is 34.9 Å². The maximum absolute atomic E-state index is 14.2. The molecule has 1 amide bonds. The number of amides is 1. The number of halogens is 1. The van der Waals surface area contributed by atoms with Crippen molar-refractivity contribution in [2.24, 2.45) is 0 Å². The van der Waals surface area contributed by atoms with Crippen LogP contribution in [0.15, 0.2) is 101 Å². The van der Waals surface area contributed by atoms with Gasteiger partial charge in [0.2, 0.25) is 5.13 Å². The zero-order chi connectivity index (χ0) is 33.8. The third-order valence-electron chi connectivity index (χ3n) is 7.57. The molecule has 1 aromatic heterocycles. The number of ketones is 1. The number of aryl methyl sites for hydroxylation is 1. The van der Waals surface area contributed by atoms with Crippen LogP contribution in [0.5, 0.6) is 17.2 Å². The number of aliphatic hydroxyl groups excluding tert-OH is 1. The van der Waals surface area contributed by atoms with Gasteiger partial charge in [0.15, 0.2) is 15.8 Å². The first kappa shape index (κ1) is 32.7. The largest absolute Gasteiger partial charge is 0.507 e. The molecular weight excluding hydrogens is 654 g/mol. The zero-order valence-corrected chi connectivity index (χ0v) is 27.6. The number of thioether (sulfide) groups is 1. The average Bonchev–Trinajstić information content (AvgIpc) is 3.66. The Morgan fingerprint density at radius 1 is 0.979 bits per heavy atom. The number of carbonyl (C=O) groups excluding carboxylic acids is 2. The first-order valence-corrected chi connectivity index (χ1v) is 16.8. The van der Waals surface area contributed by atoms with Crippen molar-refractivity contribution in [3.05, 3.63) is 130 Å². The molecule has 1 unspecified atom stereocenters. The molecule has 0 saturated carbocycles. The molecule has 12 heteroatoms. The number of Topliss-reactive ketones (excluding diaryl/α,β-unsaturated/α-hetero) is 1. The first-order chi connectivity index (χ1) is 23.2. The predicted octanol–water partition coefficient (Wildman–Crippen LogP) is 7.59. The van der Waals surface area contributed by atoms with Crippen molar-refractivity contribution >= 4 is 45.7 Å². The highest BCUT2D eigenvalue weighted by atomic mass is 32.2. The van der Waals surface area contributed by atoms with Gasteiger partial charge < -0.3 is 19.7 Å². The van der Waals surface area contributed by atoms with Crippen molar-refractivity contribution in [2.75, 3.05) is 11.5 Å². The van der Waals surface area contributed by atoms with Gasteiger partial charge in [-0.3, -0.25) is 14.5 Å². The number of aromatic nitrogens is 2. The topological polar surface area (TPSA) is 122 Å². The standard InChI is InChI=1S/C36H30FN3O6S2/c1-3-45-29-18-24(13-16-28(29)41)31-30(32(42)23-11-14-26(15-12-23)46-19-22-8-6-7-21(2)17-22)33(43)34(44)40(31)35-38-39-36(48-35)47-20-25-9-4-5-10-27(25)37/h4-18,31,41-42H,3,19-20H2,1-2H3. The predicted molar refractivity (Wildman–Crippen MR) is 182 cm³/mol. The second kappa shape index (κ2) is 14.3. The molecule has 6 rings (SSSR count). The van der Waals surface area contributed by atoms with Crippen LogP contribution in [0.25, 0.3) is 5.76 Å². The molecule has 4 aromatic carbocycles. The van der Waals surface area contributed by atoms with E-state index in [1.54, 1.807) is 55.5 Å². The fraction of sp³-hybridized carbons (Fsp3) is 0.167. The Bertz CT molecular complexity index is 2010. The monoisotopic (exact) mass is 683 g/mol. The van der Waals surface area contributed by atoms with E-state index in [9.17, 15) is 24.2 Å². The van der Waals surface area contributed by atoms with Crippen LogP contribution in [0, 0.1) is 12.7 Å². The van der Waals surface area contributed by atoms with Crippen molar-refractivity contribution in [3.63, 3.8) is 0 Å². The van der Waals surface area contributed by atoms with Crippen molar-refractivity contribution in [1.82, 2.24) is 10.2 Å². The zero-order valence-electron chi connectivity index (χ0n) is 25.9. The van der Waals surface area contributed by atoms with Gasteiger partial charge in [-0.15, -0.1) is 10.2 Å². The molecule has 0 aliphatic carbocycles. The fourth-order valence-electron chi connectivity index (χ4n) is 5.26. The van der Waals surface area contributed by atoms with Gasteiger partial charge in [0.25, 0.3) is 5.78 Å². The highest BCUT2D eigenvalue weighted by molar-refractivity contribution is 8.00. The van der Waals surface area contributed by atoms with Crippen LogP contribution >= 0.6 is 23.1 Å². The van der Waals surface area contributed by atoms with E-state index in [2.05, 4.69) is 10.2 Å². The van der Waals surface area contributed by atoms with E-state index in [1.807, 2.05) is 31.2 Å². The minimum absolute atomic E-state index is 0.114. The molecule has 0 bridgehead atoms. The quantitative estimate of drug-likeness (QED) is 0.0477. The van der Waals surface area contributed by atoms with Gasteiger partial charge in [-0.25, -0.2) is 4.39 Å². The molecule has 1 fully saturated rings. The van der Waals surface area contributed by atoms with E-state index in [0.29, 0.717) is 33.4 Å². The third kappa shape index (κ3) is 6.90. The Balaban J connectivity index is 1.34. The number of carbonyl (C=O) groups is 2. The number of nitrogens with zero attached hydrogens (tertiary/aromatic N) is 3. The minimum Gasteiger partial charge on any atom is -0.507 e. The summed E-state index contributed by atoms with van der Waals surface area (Å²) in [5.74, 6) is -1.70. The maximum atomic E-state index is 14.2. The summed E-state index contributed by atoms with van der Waals surface area (Å²) in [5, 5.41) is 30.5. The number of phenols is 1. The van der Waals surface area contributed by atoms with E-state index in [0.717, 1.165) is 22.5 Å². The first-order valence-electron chi connectivity index (χ1n) is 15.0. The molecule has 48 heavy (non-hydrogen) atoms. The van der Waals surface area contributed by atoms with Crippen molar-refractivity contribution in [2.45, 2.75) is 36.6 Å². The molecule has 9 nitrogen and oxygen atoms in total. The van der Waals surface area contributed by atoms with Crippen molar-refractivity contribution in [3.8, 4) is 17.2 Å². The van der Waals surface area contributed by atoms with Gasteiger partial charge in [-0.1, -0.05) is 77.2 Å². The molecule has 1 saturated heterocycles. The average molecular weight is 684 g/mol. The highest BCUT2D eigenvalue weighted by Crippen LogP contribution is 2.45. The number of hydrogen-bond donors (Lipinski definition) is 2. The second-order valence-corrected chi connectivity index (χ2v) is 13.0. The van der Waals surface area contributed by atoms with Crippen molar-refractivity contribution < 1.29 is 33.7 Å². The summed E-state index contributed by atoms with van der Waals surface area (Å²) in [6.07, 6.45) is 0. The summed E-state index contributed by atoms with van der Waals surface area (Å²) < 4.78 is 26.1. The van der Waals surface area contributed by atoms with Gasteiger partial charge in [0, 0.05) is 11.3 Å². The number of aliphatic hydroxyl groups is 1. The number of phenolic OH excluding ortho intramolecular Hbond substituents is 1. The minimum atomic E-state index is -1.13. The number of ether oxygens (including phenoxy) is 2. The Morgan fingerprint density at radius 3 is 2.52 bits per heavy atom. The number of anilines is 1. The molecule has 0 radical (unpaired) electrons. The van der Waals surface area contributed by atoms with Crippen LogP contribution in [-0.2, 0) is 21.9 Å². The normalized spacial score (nSPS) is 15.6. The number of benzene rings is 4. The van der Waals surface area contributed by atoms with Gasteiger partial charge >= 0.3 is 5.91 Å². The van der Waals surface area contributed by atoms with E-state index in [-0.39, 0.29) is 40.4 Å². The molecule has 2 N–H and O–H groups in total. The van der Waals surface area contributed by atoms with Crippen LogP contribution in [-0.4, -0.2) is 38.7 Å². The number of aromatic hydroxyl groups is 1. The van der Waals surface area contributed by atoms with E-state index >= 15 is 0 Å². The molecule has 244 valence electrons. The Morgan fingerprint density at radius 2 is 1.77 bits per heavy atom. The molecule has 1 aliphatic rings. The van der Waals surface area contributed by atoms with Crippen LogP contribution < -0.4 is 14.4 Å². The smallest absolute Gasteiger partial charge is 0.301 e. The molecule has 5 aromatic rings. The van der Waals surface area contributed by atoms with Crippen LogP contribution in [0.4, 0.5) is 9.52 Å². The Labute approximate surface area is 284 Å². The number of rotatable bonds is 11. The van der Waals surface area contributed by atoms with E-state index in [4.69, 9.17) is 9.47 Å². The van der Waals surface area contributed by atoms with Crippen LogP contribution in [0.2, 0.25) is 0 Å². The second-order valence-electron chi connectivity index (χ2n) is 10.9. The summed E-state index contributed by atoms with van der Waals surface area (Å²) in [6.45, 7) is 4.37. The molecular formula is C36H30FN3O6S2. The Kier molecular flexibility index (Phi) is 9.74. The summed E-state index contributed by atoms with van der Waals surface area (Å²) in [5.41, 5.74) is 3.13. The lowest BCUT2D eigenvalue weighted by Crippen LogP contribution is -2.29. The van der Waals surface area contributed by atoms with Crippen molar-refractivity contribution in [1.29, 1.82) is 0 Å². The summed E-state index contributed by atoms with van der Waals surface area (Å²) in [7, 11) is 0. The van der Waals surface area contributed by atoms with Gasteiger partial charge in [-0.2, -0.15) is 0 Å². The fourth-order valence-corrected chi connectivity index (χ4v) is 7.12. The maximum Gasteiger partial charge on any atom is 0.301 e. The lowest BCUT2D eigenvalue weighted by molar-refractivity contribution is -0.132. The van der Waals surface area contributed by atoms with Gasteiger partial charge in [-0.05, 0) is 73.0 Å². The van der Waals surface area contributed by atoms with Gasteiger partial charge in [0.1, 0.15) is 23.9 Å².